The van der Waals surface area contributed by atoms with Gasteiger partial charge in [-0.25, -0.2) is 4.98 Å². The van der Waals surface area contributed by atoms with E-state index in [1.54, 1.807) is 18.2 Å². The third-order valence-electron chi connectivity index (χ3n) is 2.97. The molecule has 0 aliphatic rings. The van der Waals surface area contributed by atoms with Crippen LogP contribution in [0.25, 0.3) is 22.4 Å². The molecule has 0 fully saturated rings. The Labute approximate surface area is 139 Å². The van der Waals surface area contributed by atoms with Crippen molar-refractivity contribution >= 4 is 62.6 Å². The van der Waals surface area contributed by atoms with Crippen molar-refractivity contribution in [2.45, 2.75) is 0 Å². The van der Waals surface area contributed by atoms with Crippen molar-refractivity contribution in [2.75, 3.05) is 0 Å². The standard InChI is InChI=1S/C15H8Cl2N2O2S/c16-10-3-1-9(12(17)7-10)2-6-15-18-13-5-4-11(19(20)21)8-14(13)22-15/h1-8H. The Bertz CT molecular complexity index is 906. The molecule has 22 heavy (non-hydrogen) atoms. The fourth-order valence-corrected chi connectivity index (χ4v) is 3.29. The minimum atomic E-state index is -0.415. The number of fused-ring (bicyclic) bond motifs is 1. The number of nitro groups is 1. The number of benzene rings is 2. The van der Waals surface area contributed by atoms with Crippen LogP contribution >= 0.6 is 34.5 Å². The summed E-state index contributed by atoms with van der Waals surface area (Å²) < 4.78 is 0.774. The predicted molar refractivity (Wildman–Crippen MR) is 91.7 cm³/mol. The van der Waals surface area contributed by atoms with Crippen molar-refractivity contribution < 1.29 is 4.92 Å². The molecule has 0 amide bonds. The molecule has 0 atom stereocenters. The average Bonchev–Trinajstić information content (AvgIpc) is 2.88. The SMILES string of the molecule is O=[N+]([O-])c1ccc2nc(C=Cc3ccc(Cl)cc3Cl)sc2c1. The van der Waals surface area contributed by atoms with Gasteiger partial charge in [0.2, 0.25) is 0 Å². The second kappa shape index (κ2) is 6.04. The Hall–Kier alpha value is -1.95. The fraction of sp³-hybridized carbons (Fsp3) is 0. The molecule has 0 unspecified atom stereocenters. The molecule has 3 aromatic rings. The maximum absolute atomic E-state index is 10.8. The molecule has 0 spiro atoms. The Morgan fingerprint density at radius 3 is 2.68 bits per heavy atom. The number of halogens is 2. The van der Waals surface area contributed by atoms with Crippen molar-refractivity contribution in [3.05, 3.63) is 67.1 Å². The lowest BCUT2D eigenvalue weighted by molar-refractivity contribution is -0.384. The van der Waals surface area contributed by atoms with Gasteiger partial charge in [0.15, 0.2) is 0 Å². The molecule has 0 bridgehead atoms. The molecule has 0 N–H and O–H groups in total. The van der Waals surface area contributed by atoms with E-state index < -0.39 is 4.92 Å². The predicted octanol–water partition coefficient (Wildman–Crippen LogP) is 5.68. The third kappa shape index (κ3) is 3.11. The molecule has 7 heteroatoms. The summed E-state index contributed by atoms with van der Waals surface area (Å²) >= 11 is 13.3. The highest BCUT2D eigenvalue weighted by molar-refractivity contribution is 7.19. The minimum Gasteiger partial charge on any atom is -0.258 e. The maximum Gasteiger partial charge on any atom is 0.270 e. The molecule has 2 aromatic carbocycles. The minimum absolute atomic E-state index is 0.0624. The molecule has 0 saturated heterocycles. The van der Waals surface area contributed by atoms with Gasteiger partial charge in [0.05, 0.1) is 15.1 Å². The van der Waals surface area contributed by atoms with E-state index >= 15 is 0 Å². The van der Waals surface area contributed by atoms with Crippen LogP contribution in [-0.2, 0) is 0 Å². The van der Waals surface area contributed by atoms with E-state index in [0.29, 0.717) is 10.0 Å². The van der Waals surface area contributed by atoms with Crippen LogP contribution in [0.2, 0.25) is 10.0 Å². The normalized spacial score (nSPS) is 11.4. The van der Waals surface area contributed by atoms with Crippen LogP contribution in [0.1, 0.15) is 10.6 Å². The maximum atomic E-state index is 10.8. The quantitative estimate of drug-likeness (QED) is 0.450. The van der Waals surface area contributed by atoms with Gasteiger partial charge in [0.25, 0.3) is 5.69 Å². The Kier molecular flexibility index (Phi) is 4.11. The summed E-state index contributed by atoms with van der Waals surface area (Å²) in [5, 5.41) is 12.7. The van der Waals surface area contributed by atoms with Crippen LogP contribution in [0.5, 0.6) is 0 Å². The molecule has 3 rings (SSSR count). The van der Waals surface area contributed by atoms with Crippen LogP contribution in [0, 0.1) is 10.1 Å². The molecule has 1 aromatic heterocycles. The zero-order chi connectivity index (χ0) is 15.7. The summed E-state index contributed by atoms with van der Waals surface area (Å²) in [7, 11) is 0. The van der Waals surface area contributed by atoms with Crippen molar-refractivity contribution in [1.29, 1.82) is 0 Å². The van der Waals surface area contributed by atoms with Crippen molar-refractivity contribution in [3.63, 3.8) is 0 Å². The first-order valence-corrected chi connectivity index (χ1v) is 7.78. The van der Waals surface area contributed by atoms with Gasteiger partial charge in [0.1, 0.15) is 5.01 Å². The van der Waals surface area contributed by atoms with Gasteiger partial charge in [-0.1, -0.05) is 35.3 Å². The average molecular weight is 351 g/mol. The van der Waals surface area contributed by atoms with E-state index in [4.69, 9.17) is 23.2 Å². The van der Waals surface area contributed by atoms with Crippen LogP contribution in [0.15, 0.2) is 36.4 Å². The van der Waals surface area contributed by atoms with Crippen LogP contribution in [-0.4, -0.2) is 9.91 Å². The van der Waals surface area contributed by atoms with E-state index in [2.05, 4.69) is 4.98 Å². The van der Waals surface area contributed by atoms with Gasteiger partial charge in [-0.05, 0) is 29.8 Å². The molecule has 4 nitrogen and oxygen atoms in total. The summed E-state index contributed by atoms with van der Waals surface area (Å²) in [6.07, 6.45) is 3.66. The van der Waals surface area contributed by atoms with Gasteiger partial charge in [-0.2, -0.15) is 0 Å². The smallest absolute Gasteiger partial charge is 0.258 e. The van der Waals surface area contributed by atoms with E-state index in [1.807, 2.05) is 18.2 Å². The van der Waals surface area contributed by atoms with Crippen LogP contribution < -0.4 is 0 Å². The third-order valence-corrected chi connectivity index (χ3v) is 4.51. The Morgan fingerprint density at radius 2 is 1.95 bits per heavy atom. The first kappa shape index (κ1) is 15.0. The number of aromatic nitrogens is 1. The highest BCUT2D eigenvalue weighted by Gasteiger charge is 2.09. The number of nitrogens with zero attached hydrogens (tertiary/aromatic N) is 2. The molecular formula is C15H8Cl2N2O2S. The number of rotatable bonds is 3. The Balaban J connectivity index is 1.93. The highest BCUT2D eigenvalue weighted by atomic mass is 35.5. The second-order valence-electron chi connectivity index (χ2n) is 4.46. The van der Waals surface area contributed by atoms with Crippen molar-refractivity contribution in [2.24, 2.45) is 0 Å². The molecule has 1 heterocycles. The number of hydrogen-bond acceptors (Lipinski definition) is 4. The lowest BCUT2D eigenvalue weighted by Gasteiger charge is -1.97. The van der Waals surface area contributed by atoms with Gasteiger partial charge < -0.3 is 0 Å². The van der Waals surface area contributed by atoms with E-state index in [1.165, 1.54) is 23.5 Å². The molecular weight excluding hydrogens is 343 g/mol. The summed E-state index contributed by atoms with van der Waals surface area (Å²) in [5.41, 5.74) is 1.63. The van der Waals surface area contributed by atoms with Gasteiger partial charge >= 0.3 is 0 Å². The van der Waals surface area contributed by atoms with Crippen LogP contribution in [0.4, 0.5) is 5.69 Å². The zero-order valence-electron chi connectivity index (χ0n) is 11.0. The number of non-ortho nitro benzene ring substituents is 1. The van der Waals surface area contributed by atoms with Crippen LogP contribution in [0.3, 0.4) is 0 Å². The highest BCUT2D eigenvalue weighted by Crippen LogP contribution is 2.28. The lowest BCUT2D eigenvalue weighted by atomic mass is 10.2. The largest absolute Gasteiger partial charge is 0.270 e. The summed E-state index contributed by atoms with van der Waals surface area (Å²) in [6, 6.07) is 9.88. The topological polar surface area (TPSA) is 56.0 Å². The van der Waals surface area contributed by atoms with Crippen molar-refractivity contribution in [1.82, 2.24) is 4.98 Å². The lowest BCUT2D eigenvalue weighted by Crippen LogP contribution is -1.85. The van der Waals surface area contributed by atoms with Gasteiger partial charge in [0, 0.05) is 22.2 Å². The number of hydrogen-bond donors (Lipinski definition) is 0. The molecule has 0 aliphatic heterocycles. The first-order valence-electron chi connectivity index (χ1n) is 6.21. The summed E-state index contributed by atoms with van der Waals surface area (Å²) in [5.74, 6) is 0. The summed E-state index contributed by atoms with van der Waals surface area (Å²) in [6.45, 7) is 0. The van der Waals surface area contributed by atoms with Crippen molar-refractivity contribution in [3.8, 4) is 0 Å². The van der Waals surface area contributed by atoms with Gasteiger partial charge in [-0.3, -0.25) is 10.1 Å². The number of nitro benzene ring substituents is 1. The first-order chi connectivity index (χ1) is 10.5. The van der Waals surface area contributed by atoms with E-state index in [0.717, 1.165) is 20.8 Å². The van der Waals surface area contributed by atoms with Gasteiger partial charge in [-0.15, -0.1) is 11.3 Å². The Morgan fingerprint density at radius 1 is 1.14 bits per heavy atom. The molecule has 0 saturated carbocycles. The fourth-order valence-electron chi connectivity index (χ4n) is 1.91. The molecule has 110 valence electrons. The summed E-state index contributed by atoms with van der Waals surface area (Å²) in [4.78, 5) is 14.8. The number of thiazole rings is 1. The zero-order valence-corrected chi connectivity index (χ0v) is 13.3. The van der Waals surface area contributed by atoms with E-state index in [9.17, 15) is 10.1 Å². The van der Waals surface area contributed by atoms with E-state index in [-0.39, 0.29) is 5.69 Å². The monoisotopic (exact) mass is 350 g/mol. The molecule has 0 aliphatic carbocycles. The molecule has 0 radical (unpaired) electrons. The second-order valence-corrected chi connectivity index (χ2v) is 6.37.